The molecule has 0 aromatic rings. The van der Waals surface area contributed by atoms with Crippen molar-refractivity contribution in [2.75, 3.05) is 19.8 Å². The lowest BCUT2D eigenvalue weighted by atomic mass is 9.44. The van der Waals surface area contributed by atoms with Crippen LogP contribution in [0, 0.1) is 46.3 Å². The maximum Gasteiger partial charge on any atom is 0.0637 e. The van der Waals surface area contributed by atoms with E-state index in [-0.39, 0.29) is 5.41 Å². The Morgan fingerprint density at radius 1 is 1.07 bits per heavy atom. The maximum absolute atomic E-state index is 9.97. The molecule has 0 aliphatic heterocycles. The van der Waals surface area contributed by atoms with Gasteiger partial charge in [0.25, 0.3) is 0 Å². The molecule has 4 aliphatic rings. The van der Waals surface area contributed by atoms with Gasteiger partial charge in [0.15, 0.2) is 0 Å². The third kappa shape index (κ3) is 3.19. The number of aliphatic hydroxyl groups is 1. The molecular weight excluding hydrogens is 346 g/mol. The van der Waals surface area contributed by atoms with Crippen molar-refractivity contribution < 1.29 is 9.84 Å². The summed E-state index contributed by atoms with van der Waals surface area (Å²) in [4.78, 5) is 0. The highest BCUT2D eigenvalue weighted by atomic mass is 16.5. The fraction of sp³-hybridized carbons (Fsp3) is 1.00. The summed E-state index contributed by atoms with van der Waals surface area (Å²) < 4.78 is 6.68. The van der Waals surface area contributed by atoms with Crippen LogP contribution in [0.3, 0.4) is 0 Å². The Balaban J connectivity index is 1.65. The summed E-state index contributed by atoms with van der Waals surface area (Å²) in [6, 6.07) is 0. The van der Waals surface area contributed by atoms with Gasteiger partial charge >= 0.3 is 0 Å². The molecule has 3 heteroatoms. The first-order valence-corrected chi connectivity index (χ1v) is 12.4. The summed E-state index contributed by atoms with van der Waals surface area (Å²) in [5, 5.41) is 9.97. The second kappa shape index (κ2) is 8.19. The van der Waals surface area contributed by atoms with Crippen molar-refractivity contribution in [2.24, 2.45) is 52.1 Å². The second-order valence-corrected chi connectivity index (χ2v) is 11.3. The number of rotatable bonds is 6. The molecule has 0 spiro atoms. The quantitative estimate of drug-likeness (QED) is 0.626. The summed E-state index contributed by atoms with van der Waals surface area (Å²) in [6.07, 6.45) is 13.9. The molecule has 4 saturated carbocycles. The summed E-state index contributed by atoms with van der Waals surface area (Å²) >= 11 is 0. The molecule has 0 aromatic heterocycles. The molecule has 5 unspecified atom stereocenters. The van der Waals surface area contributed by atoms with Crippen molar-refractivity contribution in [1.82, 2.24) is 0 Å². The summed E-state index contributed by atoms with van der Waals surface area (Å²) in [6.45, 7) is 9.30. The SMILES string of the molecule is C[C@H](CO)C1CCC2C3CCC4CCCC[C@]4(C)C3C[C@H](OCCCN)[C@@]21C. The lowest BCUT2D eigenvalue weighted by molar-refractivity contribution is -0.186. The van der Waals surface area contributed by atoms with Crippen LogP contribution in [0.4, 0.5) is 0 Å². The molecule has 9 atom stereocenters. The van der Waals surface area contributed by atoms with Crippen LogP contribution in [-0.4, -0.2) is 31.0 Å². The third-order valence-electron chi connectivity index (χ3n) is 10.4. The van der Waals surface area contributed by atoms with Gasteiger partial charge in [0.1, 0.15) is 0 Å². The van der Waals surface area contributed by atoms with E-state index in [1.165, 1.54) is 57.8 Å². The summed E-state index contributed by atoms with van der Waals surface area (Å²) in [7, 11) is 0. The minimum atomic E-state index is 0.232. The Labute approximate surface area is 173 Å². The lowest BCUT2D eigenvalue weighted by Gasteiger charge is -2.62. The highest BCUT2D eigenvalue weighted by Crippen LogP contribution is 2.68. The van der Waals surface area contributed by atoms with Crippen LogP contribution in [0.1, 0.15) is 85.0 Å². The van der Waals surface area contributed by atoms with Crippen LogP contribution >= 0.6 is 0 Å². The van der Waals surface area contributed by atoms with Gasteiger partial charge in [-0.3, -0.25) is 0 Å². The van der Waals surface area contributed by atoms with Crippen molar-refractivity contribution in [1.29, 1.82) is 0 Å². The highest BCUT2D eigenvalue weighted by Gasteiger charge is 2.63. The molecule has 4 aliphatic carbocycles. The van der Waals surface area contributed by atoms with Gasteiger partial charge in [-0.15, -0.1) is 0 Å². The zero-order valence-corrected chi connectivity index (χ0v) is 18.7. The van der Waals surface area contributed by atoms with E-state index in [1.54, 1.807) is 0 Å². The van der Waals surface area contributed by atoms with Gasteiger partial charge < -0.3 is 15.6 Å². The van der Waals surface area contributed by atoms with Gasteiger partial charge in [-0.05, 0) is 98.8 Å². The number of ether oxygens (including phenoxy) is 1. The number of aliphatic hydroxyl groups excluding tert-OH is 1. The standard InChI is InChI=1S/C25H45NO2/c1-17(16-27)20-10-11-21-19-9-8-18-7-4-5-12-24(18,2)22(19)15-23(25(20,21)3)28-14-6-13-26/h17-23,27H,4-16,26H2,1-3H3/t17-,18?,19?,20?,21?,22?,23+,24+,25-/m1/s1. The number of nitrogens with two attached hydrogens (primary N) is 1. The number of hydrogen-bond acceptors (Lipinski definition) is 3. The molecule has 0 heterocycles. The Morgan fingerprint density at radius 2 is 1.89 bits per heavy atom. The van der Waals surface area contributed by atoms with Gasteiger partial charge in [-0.1, -0.05) is 33.6 Å². The summed E-state index contributed by atoms with van der Waals surface area (Å²) in [5.41, 5.74) is 6.55. The van der Waals surface area contributed by atoms with Crippen molar-refractivity contribution >= 4 is 0 Å². The maximum atomic E-state index is 9.97. The summed E-state index contributed by atoms with van der Waals surface area (Å²) in [5.74, 6) is 4.44. The van der Waals surface area contributed by atoms with Crippen molar-refractivity contribution in [3.05, 3.63) is 0 Å². The fourth-order valence-electron chi connectivity index (χ4n) is 8.88. The minimum Gasteiger partial charge on any atom is -0.396 e. The zero-order valence-electron chi connectivity index (χ0n) is 18.7. The van der Waals surface area contributed by atoms with E-state index in [2.05, 4.69) is 20.8 Å². The minimum absolute atomic E-state index is 0.232. The molecule has 4 rings (SSSR count). The van der Waals surface area contributed by atoms with Gasteiger partial charge in [-0.25, -0.2) is 0 Å². The average Bonchev–Trinajstić information content (AvgIpc) is 3.06. The molecule has 0 aromatic carbocycles. The molecule has 162 valence electrons. The Bertz CT molecular complexity index is 539. The van der Waals surface area contributed by atoms with E-state index < -0.39 is 0 Å². The van der Waals surface area contributed by atoms with E-state index in [1.807, 2.05) is 0 Å². The Hall–Kier alpha value is -0.120. The van der Waals surface area contributed by atoms with Crippen LogP contribution in [0.5, 0.6) is 0 Å². The van der Waals surface area contributed by atoms with Crippen LogP contribution in [0.25, 0.3) is 0 Å². The van der Waals surface area contributed by atoms with Gasteiger partial charge in [-0.2, -0.15) is 0 Å². The molecule has 28 heavy (non-hydrogen) atoms. The first-order valence-electron chi connectivity index (χ1n) is 12.4. The largest absolute Gasteiger partial charge is 0.396 e. The van der Waals surface area contributed by atoms with Crippen LogP contribution in [0.2, 0.25) is 0 Å². The van der Waals surface area contributed by atoms with Gasteiger partial charge in [0, 0.05) is 18.6 Å². The molecule has 0 saturated heterocycles. The van der Waals surface area contributed by atoms with E-state index in [4.69, 9.17) is 10.5 Å². The molecule has 0 bridgehead atoms. The molecule has 3 nitrogen and oxygen atoms in total. The molecule has 3 N–H and O–H groups in total. The van der Waals surface area contributed by atoms with Crippen LogP contribution < -0.4 is 5.73 Å². The van der Waals surface area contributed by atoms with E-state index in [0.717, 1.165) is 43.2 Å². The van der Waals surface area contributed by atoms with Crippen molar-refractivity contribution in [3.63, 3.8) is 0 Å². The van der Waals surface area contributed by atoms with E-state index in [9.17, 15) is 5.11 Å². The smallest absolute Gasteiger partial charge is 0.0637 e. The van der Waals surface area contributed by atoms with E-state index in [0.29, 0.717) is 30.0 Å². The van der Waals surface area contributed by atoms with Crippen LogP contribution in [-0.2, 0) is 4.74 Å². The fourth-order valence-corrected chi connectivity index (χ4v) is 8.88. The molecule has 0 amide bonds. The Morgan fingerprint density at radius 3 is 2.64 bits per heavy atom. The number of hydrogen-bond donors (Lipinski definition) is 2. The highest BCUT2D eigenvalue weighted by molar-refractivity contribution is 5.12. The molecule has 4 fully saturated rings. The van der Waals surface area contributed by atoms with Crippen molar-refractivity contribution in [2.45, 2.75) is 91.1 Å². The monoisotopic (exact) mass is 391 g/mol. The predicted molar refractivity (Wildman–Crippen MR) is 115 cm³/mol. The third-order valence-corrected chi connectivity index (χ3v) is 10.4. The lowest BCUT2D eigenvalue weighted by Crippen LogP contribution is -2.59. The normalized spacial score (nSPS) is 49.2. The van der Waals surface area contributed by atoms with E-state index >= 15 is 0 Å². The zero-order chi connectivity index (χ0) is 19.9. The first-order chi connectivity index (χ1) is 13.5. The van der Waals surface area contributed by atoms with Gasteiger partial charge in [0.05, 0.1) is 6.10 Å². The molecule has 0 radical (unpaired) electrons. The predicted octanol–water partition coefficient (Wildman–Crippen LogP) is 5.01. The average molecular weight is 392 g/mol. The Kier molecular flexibility index (Phi) is 6.18. The topological polar surface area (TPSA) is 55.5 Å². The second-order valence-electron chi connectivity index (χ2n) is 11.3. The number of fused-ring (bicyclic) bond motifs is 5. The van der Waals surface area contributed by atoms with Crippen molar-refractivity contribution in [3.8, 4) is 0 Å². The molecular formula is C25H45NO2. The van der Waals surface area contributed by atoms with Crippen LogP contribution in [0.15, 0.2) is 0 Å². The van der Waals surface area contributed by atoms with Gasteiger partial charge in [0.2, 0.25) is 0 Å². The first kappa shape index (κ1) is 21.1.